The molecule has 0 radical (unpaired) electrons. The van der Waals surface area contributed by atoms with Gasteiger partial charge in [-0.15, -0.1) is 0 Å². The number of aryl methyl sites for hydroxylation is 1. The number of H-pyrrole nitrogens is 1. The summed E-state index contributed by atoms with van der Waals surface area (Å²) in [4.78, 5) is 25.7. The Morgan fingerprint density at radius 2 is 1.52 bits per heavy atom. The number of hydrogen-bond acceptors (Lipinski definition) is 3. The van der Waals surface area contributed by atoms with Gasteiger partial charge in [0.15, 0.2) is 0 Å². The van der Waals surface area contributed by atoms with Crippen molar-refractivity contribution in [2.45, 2.75) is 12.8 Å². The average Bonchev–Trinajstić information content (AvgIpc) is 3.30. The molecule has 3 aromatic carbocycles. The van der Waals surface area contributed by atoms with E-state index in [-0.39, 0.29) is 5.91 Å². The molecule has 0 atom stereocenters. The number of aromatic nitrogens is 2. The van der Waals surface area contributed by atoms with E-state index in [1.807, 2.05) is 23.1 Å². The SMILES string of the molecule is O=C(CCc1cc2ccccc2[nH]1)N1CCN(c2nc3ccccc3c3ccccc23)CC1. The van der Waals surface area contributed by atoms with Gasteiger partial charge in [0.1, 0.15) is 5.82 Å². The lowest BCUT2D eigenvalue weighted by Gasteiger charge is -2.36. The first kappa shape index (κ1) is 19.8. The van der Waals surface area contributed by atoms with Gasteiger partial charge in [0.2, 0.25) is 5.91 Å². The quantitative estimate of drug-likeness (QED) is 0.398. The van der Waals surface area contributed by atoms with Crippen LogP contribution in [-0.4, -0.2) is 47.0 Å². The molecule has 2 aromatic heterocycles. The topological polar surface area (TPSA) is 52.2 Å². The lowest BCUT2D eigenvalue weighted by atomic mass is 10.1. The number of anilines is 1. The van der Waals surface area contributed by atoms with Crippen molar-refractivity contribution in [1.82, 2.24) is 14.9 Å². The van der Waals surface area contributed by atoms with Gasteiger partial charge in [0, 0.05) is 54.6 Å². The van der Waals surface area contributed by atoms with Crippen LogP contribution >= 0.6 is 0 Å². The highest BCUT2D eigenvalue weighted by Gasteiger charge is 2.23. The Morgan fingerprint density at radius 1 is 0.818 bits per heavy atom. The Labute approximate surface area is 192 Å². The van der Waals surface area contributed by atoms with Crippen molar-refractivity contribution in [3.63, 3.8) is 0 Å². The molecular formula is C28H26N4O. The van der Waals surface area contributed by atoms with Gasteiger partial charge >= 0.3 is 0 Å². The van der Waals surface area contributed by atoms with Gasteiger partial charge in [-0.05, 0) is 35.4 Å². The van der Waals surface area contributed by atoms with E-state index >= 15 is 0 Å². The maximum Gasteiger partial charge on any atom is 0.223 e. The van der Waals surface area contributed by atoms with Gasteiger partial charge in [0.05, 0.1) is 5.52 Å². The van der Waals surface area contributed by atoms with Crippen LogP contribution < -0.4 is 4.90 Å². The Kier molecular flexibility index (Phi) is 4.95. The third kappa shape index (κ3) is 3.69. The van der Waals surface area contributed by atoms with Gasteiger partial charge in [-0.2, -0.15) is 0 Å². The van der Waals surface area contributed by atoms with Crippen LogP contribution in [0.2, 0.25) is 0 Å². The number of nitrogens with zero attached hydrogens (tertiary/aromatic N) is 3. The second kappa shape index (κ2) is 8.24. The molecule has 0 saturated carbocycles. The fraction of sp³-hybridized carbons (Fsp3) is 0.214. The molecule has 5 heteroatoms. The van der Waals surface area contributed by atoms with E-state index in [9.17, 15) is 4.79 Å². The maximum atomic E-state index is 12.9. The largest absolute Gasteiger partial charge is 0.358 e. The maximum absolute atomic E-state index is 12.9. The standard InChI is InChI=1S/C28H26N4O/c33-27(14-13-21-19-20-7-1-5-11-25(20)29-21)31-15-17-32(18-16-31)28-24-10-3-2-8-22(24)23-9-4-6-12-26(23)30-28/h1-12,19,29H,13-18H2. The average molecular weight is 435 g/mol. The van der Waals surface area contributed by atoms with E-state index in [0.29, 0.717) is 6.42 Å². The summed E-state index contributed by atoms with van der Waals surface area (Å²) in [5.41, 5.74) is 3.27. The fourth-order valence-electron chi connectivity index (χ4n) is 4.96. The summed E-state index contributed by atoms with van der Waals surface area (Å²) in [6.07, 6.45) is 1.27. The number of nitrogens with one attached hydrogen (secondary N) is 1. The van der Waals surface area contributed by atoms with E-state index in [0.717, 1.165) is 55.1 Å². The summed E-state index contributed by atoms with van der Waals surface area (Å²) < 4.78 is 0. The number of piperazine rings is 1. The molecule has 5 nitrogen and oxygen atoms in total. The summed E-state index contributed by atoms with van der Waals surface area (Å²) in [5, 5.41) is 4.79. The summed E-state index contributed by atoms with van der Waals surface area (Å²) >= 11 is 0. The molecule has 0 aliphatic carbocycles. The molecule has 1 amide bonds. The fourth-order valence-corrected chi connectivity index (χ4v) is 4.96. The normalized spacial score (nSPS) is 14.4. The van der Waals surface area contributed by atoms with E-state index in [1.54, 1.807) is 0 Å². The first-order valence-corrected chi connectivity index (χ1v) is 11.6. The number of rotatable bonds is 4. The first-order valence-electron chi connectivity index (χ1n) is 11.6. The molecule has 1 fully saturated rings. The van der Waals surface area contributed by atoms with Crippen LogP contribution in [0.1, 0.15) is 12.1 Å². The molecule has 33 heavy (non-hydrogen) atoms. The van der Waals surface area contributed by atoms with E-state index < -0.39 is 0 Å². The van der Waals surface area contributed by atoms with Crippen molar-refractivity contribution in [2.75, 3.05) is 31.1 Å². The molecule has 1 aliphatic rings. The zero-order valence-corrected chi connectivity index (χ0v) is 18.5. The third-order valence-electron chi connectivity index (χ3n) is 6.71. The number of carbonyl (C=O) groups is 1. The minimum absolute atomic E-state index is 0.227. The highest BCUT2D eigenvalue weighted by molar-refractivity contribution is 6.10. The van der Waals surface area contributed by atoms with Gasteiger partial charge < -0.3 is 14.8 Å². The van der Waals surface area contributed by atoms with Crippen LogP contribution in [0.3, 0.4) is 0 Å². The summed E-state index contributed by atoms with van der Waals surface area (Å²) in [5.74, 6) is 1.25. The van der Waals surface area contributed by atoms with Crippen molar-refractivity contribution in [2.24, 2.45) is 0 Å². The molecule has 5 aromatic rings. The van der Waals surface area contributed by atoms with Crippen LogP contribution in [0.25, 0.3) is 32.6 Å². The summed E-state index contributed by atoms with van der Waals surface area (Å²) in [7, 11) is 0. The number of amides is 1. The monoisotopic (exact) mass is 434 g/mol. The zero-order valence-electron chi connectivity index (χ0n) is 18.5. The molecule has 0 spiro atoms. The molecule has 1 aliphatic heterocycles. The van der Waals surface area contributed by atoms with E-state index in [1.165, 1.54) is 21.5 Å². The van der Waals surface area contributed by atoms with Crippen molar-refractivity contribution in [3.05, 3.63) is 84.6 Å². The van der Waals surface area contributed by atoms with Crippen LogP contribution in [0.4, 0.5) is 5.82 Å². The Balaban J connectivity index is 1.15. The van der Waals surface area contributed by atoms with E-state index in [2.05, 4.69) is 70.5 Å². The number of benzene rings is 3. The molecule has 164 valence electrons. The number of hydrogen-bond donors (Lipinski definition) is 1. The van der Waals surface area contributed by atoms with Gasteiger partial charge in [-0.1, -0.05) is 60.7 Å². The van der Waals surface area contributed by atoms with Gasteiger partial charge in [-0.3, -0.25) is 4.79 Å². The number of carbonyl (C=O) groups excluding carboxylic acids is 1. The Morgan fingerprint density at radius 3 is 2.33 bits per heavy atom. The number of fused-ring (bicyclic) bond motifs is 4. The minimum Gasteiger partial charge on any atom is -0.358 e. The zero-order chi connectivity index (χ0) is 22.2. The number of pyridine rings is 1. The highest BCUT2D eigenvalue weighted by Crippen LogP contribution is 2.31. The van der Waals surface area contributed by atoms with Crippen LogP contribution in [0.5, 0.6) is 0 Å². The number of para-hydroxylation sites is 2. The predicted octanol–water partition coefficient (Wildman–Crippen LogP) is 5.15. The Hall–Kier alpha value is -3.86. The molecule has 3 heterocycles. The smallest absolute Gasteiger partial charge is 0.223 e. The van der Waals surface area contributed by atoms with Crippen LogP contribution in [0, 0.1) is 0 Å². The third-order valence-corrected chi connectivity index (χ3v) is 6.71. The predicted molar refractivity (Wildman–Crippen MR) is 135 cm³/mol. The number of aromatic amines is 1. The second-order valence-corrected chi connectivity index (χ2v) is 8.75. The lowest BCUT2D eigenvalue weighted by Crippen LogP contribution is -2.49. The van der Waals surface area contributed by atoms with Crippen molar-refractivity contribution in [1.29, 1.82) is 0 Å². The minimum atomic E-state index is 0.227. The lowest BCUT2D eigenvalue weighted by molar-refractivity contribution is -0.131. The van der Waals surface area contributed by atoms with Crippen LogP contribution in [0.15, 0.2) is 78.9 Å². The molecule has 0 unspecified atom stereocenters. The van der Waals surface area contributed by atoms with Crippen molar-refractivity contribution in [3.8, 4) is 0 Å². The summed E-state index contributed by atoms with van der Waals surface area (Å²) in [6.45, 7) is 3.06. The summed E-state index contributed by atoms with van der Waals surface area (Å²) in [6, 6.07) is 27.2. The van der Waals surface area contributed by atoms with E-state index in [4.69, 9.17) is 4.98 Å². The van der Waals surface area contributed by atoms with Gasteiger partial charge in [-0.25, -0.2) is 4.98 Å². The molecular weight excluding hydrogens is 408 g/mol. The second-order valence-electron chi connectivity index (χ2n) is 8.75. The molecule has 0 bridgehead atoms. The Bertz CT molecular complexity index is 1430. The molecule has 1 N–H and O–H groups in total. The van der Waals surface area contributed by atoms with Crippen molar-refractivity contribution < 1.29 is 4.79 Å². The molecule has 1 saturated heterocycles. The van der Waals surface area contributed by atoms with Crippen LogP contribution in [-0.2, 0) is 11.2 Å². The molecule has 6 rings (SSSR count). The van der Waals surface area contributed by atoms with Gasteiger partial charge in [0.25, 0.3) is 0 Å². The highest BCUT2D eigenvalue weighted by atomic mass is 16.2. The van der Waals surface area contributed by atoms with Crippen molar-refractivity contribution >= 4 is 44.3 Å². The first-order chi connectivity index (χ1) is 16.3.